The summed E-state index contributed by atoms with van der Waals surface area (Å²) in [4.78, 5) is 6.83. The van der Waals surface area contributed by atoms with Crippen molar-refractivity contribution in [3.63, 3.8) is 0 Å². The van der Waals surface area contributed by atoms with Crippen molar-refractivity contribution in [2.45, 2.75) is 38.8 Å². The molecule has 2 rings (SSSR count). The highest BCUT2D eigenvalue weighted by Gasteiger charge is 2.11. The van der Waals surface area contributed by atoms with Crippen molar-refractivity contribution in [3.05, 3.63) is 48.0 Å². The SMILES string of the molecule is C=CCNC(=NC)NCc1ccccc1CN1CCCCCC1.I. The van der Waals surface area contributed by atoms with Gasteiger partial charge in [0.15, 0.2) is 5.96 Å². The second kappa shape index (κ2) is 12.3. The molecule has 5 heteroatoms. The number of nitrogens with zero attached hydrogens (tertiary/aromatic N) is 2. The minimum Gasteiger partial charge on any atom is -0.353 e. The van der Waals surface area contributed by atoms with E-state index in [1.165, 1.54) is 49.9 Å². The molecule has 1 saturated heterocycles. The molecule has 2 N–H and O–H groups in total. The van der Waals surface area contributed by atoms with Gasteiger partial charge in [0.1, 0.15) is 0 Å². The Hall–Kier alpha value is -1.08. The van der Waals surface area contributed by atoms with Gasteiger partial charge >= 0.3 is 0 Å². The molecule has 0 unspecified atom stereocenters. The van der Waals surface area contributed by atoms with E-state index in [-0.39, 0.29) is 24.0 Å². The first-order chi connectivity index (χ1) is 11.3. The van der Waals surface area contributed by atoms with Crippen LogP contribution in [0.3, 0.4) is 0 Å². The van der Waals surface area contributed by atoms with Crippen molar-refractivity contribution >= 4 is 29.9 Å². The molecular weight excluding hydrogens is 411 g/mol. The van der Waals surface area contributed by atoms with Crippen LogP contribution in [0.1, 0.15) is 36.8 Å². The van der Waals surface area contributed by atoms with Crippen LogP contribution in [0.2, 0.25) is 0 Å². The van der Waals surface area contributed by atoms with E-state index in [0.717, 1.165) is 25.6 Å². The number of benzene rings is 1. The molecule has 0 atom stereocenters. The maximum absolute atomic E-state index is 4.23. The van der Waals surface area contributed by atoms with Gasteiger partial charge in [-0.3, -0.25) is 9.89 Å². The maximum atomic E-state index is 4.23. The molecule has 24 heavy (non-hydrogen) atoms. The molecule has 1 aliphatic heterocycles. The summed E-state index contributed by atoms with van der Waals surface area (Å²) in [6.07, 6.45) is 7.26. The Kier molecular flexibility index (Phi) is 10.7. The number of likely N-dealkylation sites (tertiary alicyclic amines) is 1. The zero-order valence-electron chi connectivity index (χ0n) is 14.8. The molecule has 0 aliphatic carbocycles. The van der Waals surface area contributed by atoms with E-state index in [9.17, 15) is 0 Å². The highest BCUT2D eigenvalue weighted by Crippen LogP contribution is 2.16. The van der Waals surface area contributed by atoms with Crippen LogP contribution in [0.4, 0.5) is 0 Å². The third-order valence-electron chi connectivity index (χ3n) is 4.29. The van der Waals surface area contributed by atoms with Crippen LogP contribution in [0.5, 0.6) is 0 Å². The lowest BCUT2D eigenvalue weighted by Crippen LogP contribution is -2.37. The molecule has 1 aromatic rings. The standard InChI is InChI=1S/C19H30N4.HI/c1-3-12-21-19(20-2)22-15-17-10-6-7-11-18(17)16-23-13-8-4-5-9-14-23;/h3,6-7,10-11H,1,4-5,8-9,12-16H2,2H3,(H2,20,21,22);1H. The molecule has 0 spiro atoms. The third kappa shape index (κ3) is 7.21. The second-order valence-corrected chi connectivity index (χ2v) is 6.05. The van der Waals surface area contributed by atoms with Crippen LogP contribution in [-0.2, 0) is 13.1 Å². The summed E-state index contributed by atoms with van der Waals surface area (Å²) in [6.45, 7) is 8.74. The Bertz CT molecular complexity index is 508. The number of nitrogens with one attached hydrogen (secondary N) is 2. The number of rotatable bonds is 6. The number of hydrogen-bond donors (Lipinski definition) is 2. The molecule has 1 aliphatic rings. The minimum absolute atomic E-state index is 0. The normalized spacial score (nSPS) is 16.0. The van der Waals surface area contributed by atoms with Crippen molar-refractivity contribution in [1.82, 2.24) is 15.5 Å². The first kappa shape index (κ1) is 21.0. The summed E-state index contributed by atoms with van der Waals surface area (Å²) >= 11 is 0. The van der Waals surface area contributed by atoms with Gasteiger partial charge in [0.05, 0.1) is 0 Å². The average molecular weight is 442 g/mol. The van der Waals surface area contributed by atoms with E-state index in [1.807, 2.05) is 6.08 Å². The predicted molar refractivity (Wildman–Crippen MR) is 114 cm³/mol. The van der Waals surface area contributed by atoms with Crippen LogP contribution in [0, 0.1) is 0 Å². The second-order valence-electron chi connectivity index (χ2n) is 6.05. The fourth-order valence-corrected chi connectivity index (χ4v) is 2.99. The van der Waals surface area contributed by atoms with E-state index < -0.39 is 0 Å². The van der Waals surface area contributed by atoms with Gasteiger partial charge in [-0.2, -0.15) is 0 Å². The van der Waals surface area contributed by atoms with E-state index in [2.05, 4.69) is 51.4 Å². The van der Waals surface area contributed by atoms with Crippen LogP contribution in [-0.4, -0.2) is 37.5 Å². The van der Waals surface area contributed by atoms with Gasteiger partial charge in [-0.25, -0.2) is 0 Å². The van der Waals surface area contributed by atoms with Gasteiger partial charge in [-0.1, -0.05) is 43.2 Å². The van der Waals surface area contributed by atoms with Gasteiger partial charge < -0.3 is 10.6 Å². The van der Waals surface area contributed by atoms with Crippen molar-refractivity contribution in [1.29, 1.82) is 0 Å². The van der Waals surface area contributed by atoms with Crippen molar-refractivity contribution < 1.29 is 0 Å². The van der Waals surface area contributed by atoms with Crippen LogP contribution in [0.15, 0.2) is 41.9 Å². The summed E-state index contributed by atoms with van der Waals surface area (Å²) in [5.41, 5.74) is 2.76. The largest absolute Gasteiger partial charge is 0.353 e. The monoisotopic (exact) mass is 442 g/mol. The van der Waals surface area contributed by atoms with Crippen molar-refractivity contribution in [2.24, 2.45) is 4.99 Å². The van der Waals surface area contributed by atoms with Crippen molar-refractivity contribution in [3.8, 4) is 0 Å². The summed E-state index contributed by atoms with van der Waals surface area (Å²) in [7, 11) is 1.79. The van der Waals surface area contributed by atoms with Gasteiger partial charge in [0, 0.05) is 26.7 Å². The quantitative estimate of drug-likeness (QED) is 0.307. The Morgan fingerprint density at radius 1 is 1.12 bits per heavy atom. The summed E-state index contributed by atoms with van der Waals surface area (Å²) < 4.78 is 0. The Morgan fingerprint density at radius 2 is 1.79 bits per heavy atom. The topological polar surface area (TPSA) is 39.7 Å². The molecule has 0 bridgehead atoms. The van der Waals surface area contributed by atoms with Crippen LogP contribution < -0.4 is 10.6 Å². The predicted octanol–water partition coefficient (Wildman–Crippen LogP) is 3.53. The molecule has 1 aromatic carbocycles. The van der Waals surface area contributed by atoms with Crippen LogP contribution in [0.25, 0.3) is 0 Å². The van der Waals surface area contributed by atoms with E-state index in [4.69, 9.17) is 0 Å². The Labute approximate surface area is 163 Å². The lowest BCUT2D eigenvalue weighted by molar-refractivity contribution is 0.276. The average Bonchev–Trinajstić information content (AvgIpc) is 2.85. The Morgan fingerprint density at radius 3 is 2.42 bits per heavy atom. The summed E-state index contributed by atoms with van der Waals surface area (Å²) in [6, 6.07) is 8.72. The summed E-state index contributed by atoms with van der Waals surface area (Å²) in [5, 5.41) is 6.59. The molecule has 0 radical (unpaired) electrons. The lowest BCUT2D eigenvalue weighted by atomic mass is 10.1. The van der Waals surface area contributed by atoms with Crippen LogP contribution >= 0.6 is 24.0 Å². The zero-order valence-corrected chi connectivity index (χ0v) is 17.1. The van der Waals surface area contributed by atoms with Gasteiger partial charge in [0.2, 0.25) is 0 Å². The first-order valence-corrected chi connectivity index (χ1v) is 8.68. The van der Waals surface area contributed by atoms with E-state index >= 15 is 0 Å². The number of guanidine groups is 1. The smallest absolute Gasteiger partial charge is 0.191 e. The molecule has 1 fully saturated rings. The molecule has 4 nitrogen and oxygen atoms in total. The molecule has 0 amide bonds. The van der Waals surface area contributed by atoms with Crippen molar-refractivity contribution in [2.75, 3.05) is 26.7 Å². The first-order valence-electron chi connectivity index (χ1n) is 8.68. The Balaban J connectivity index is 0.00000288. The third-order valence-corrected chi connectivity index (χ3v) is 4.29. The van der Waals surface area contributed by atoms with Gasteiger partial charge in [-0.15, -0.1) is 30.6 Å². The minimum atomic E-state index is 0. The fraction of sp³-hybridized carbons (Fsp3) is 0.526. The number of halogens is 1. The molecule has 1 heterocycles. The molecule has 0 aromatic heterocycles. The van der Waals surface area contributed by atoms with Gasteiger partial charge in [-0.05, 0) is 37.1 Å². The number of hydrogen-bond acceptors (Lipinski definition) is 2. The summed E-state index contributed by atoms with van der Waals surface area (Å²) in [5.74, 6) is 0.814. The number of aliphatic imine (C=N–C) groups is 1. The molecule has 0 saturated carbocycles. The molecule has 134 valence electrons. The maximum Gasteiger partial charge on any atom is 0.191 e. The fourth-order valence-electron chi connectivity index (χ4n) is 2.99. The van der Waals surface area contributed by atoms with E-state index in [1.54, 1.807) is 7.05 Å². The van der Waals surface area contributed by atoms with E-state index in [0.29, 0.717) is 0 Å². The zero-order chi connectivity index (χ0) is 16.3. The lowest BCUT2D eigenvalue weighted by Gasteiger charge is -2.22. The highest BCUT2D eigenvalue weighted by atomic mass is 127. The van der Waals surface area contributed by atoms with Gasteiger partial charge in [0.25, 0.3) is 0 Å². The highest BCUT2D eigenvalue weighted by molar-refractivity contribution is 14.0. The molecular formula is C19H31IN4.